The van der Waals surface area contributed by atoms with Crippen molar-refractivity contribution in [2.24, 2.45) is 11.8 Å². The Balaban J connectivity index is 1.14. The van der Waals surface area contributed by atoms with E-state index in [-0.39, 0.29) is 12.1 Å². The van der Waals surface area contributed by atoms with Crippen LogP contribution in [0.5, 0.6) is 11.6 Å². The number of aromatic nitrogens is 2. The summed E-state index contributed by atoms with van der Waals surface area (Å²) in [6, 6.07) is 13.6. The highest BCUT2D eigenvalue weighted by atomic mass is 16.5. The number of ether oxygens (including phenoxy) is 3. The molecule has 3 aliphatic rings. The molecule has 3 fully saturated rings. The second-order valence-electron chi connectivity index (χ2n) is 10.5. The highest BCUT2D eigenvalue weighted by Crippen LogP contribution is 2.42. The molecule has 2 aromatic carbocycles. The molecule has 2 N–H and O–H groups in total. The molecule has 9 heteroatoms. The minimum atomic E-state index is -0.164. The van der Waals surface area contributed by atoms with Gasteiger partial charge in [0.25, 0.3) is 0 Å². The molecule has 2 atom stereocenters. The summed E-state index contributed by atoms with van der Waals surface area (Å²) in [6.45, 7) is 7.50. The molecule has 9 nitrogen and oxygen atoms in total. The van der Waals surface area contributed by atoms with Gasteiger partial charge in [0.1, 0.15) is 11.6 Å². The van der Waals surface area contributed by atoms with Crippen molar-refractivity contribution in [3.8, 4) is 11.6 Å². The molecule has 1 aliphatic carbocycles. The largest absolute Gasteiger partial charge is 0.438 e. The molecule has 2 saturated heterocycles. The van der Waals surface area contributed by atoms with Crippen molar-refractivity contribution in [1.29, 1.82) is 0 Å². The van der Waals surface area contributed by atoms with Gasteiger partial charge < -0.3 is 24.8 Å². The van der Waals surface area contributed by atoms with Gasteiger partial charge in [0, 0.05) is 54.9 Å². The third kappa shape index (κ3) is 5.90. The van der Waals surface area contributed by atoms with Gasteiger partial charge in [-0.25, -0.2) is 9.78 Å². The van der Waals surface area contributed by atoms with Crippen LogP contribution in [-0.4, -0.2) is 66.5 Å². The van der Waals surface area contributed by atoms with Crippen molar-refractivity contribution in [1.82, 2.24) is 20.2 Å². The summed E-state index contributed by atoms with van der Waals surface area (Å²) in [7, 11) is 0. The predicted octanol–water partition coefficient (Wildman–Crippen LogP) is 4.50. The highest BCUT2D eigenvalue weighted by molar-refractivity contribution is 6.04. The van der Waals surface area contributed by atoms with Crippen LogP contribution in [-0.2, 0) is 16.0 Å². The third-order valence-corrected chi connectivity index (χ3v) is 7.72. The number of amides is 2. The second kappa shape index (κ2) is 11.2. The van der Waals surface area contributed by atoms with Gasteiger partial charge in [-0.1, -0.05) is 24.3 Å². The van der Waals surface area contributed by atoms with E-state index in [2.05, 4.69) is 25.5 Å². The molecule has 3 aromatic rings. The molecule has 38 heavy (non-hydrogen) atoms. The zero-order valence-corrected chi connectivity index (χ0v) is 21.8. The number of morpholine rings is 1. The molecule has 0 bridgehead atoms. The number of nitrogens with one attached hydrogen (secondary N) is 2. The Morgan fingerprint density at radius 1 is 1.03 bits per heavy atom. The molecule has 2 unspecified atom stereocenters. The minimum absolute atomic E-state index is 0.164. The summed E-state index contributed by atoms with van der Waals surface area (Å²) < 4.78 is 17.2. The summed E-state index contributed by atoms with van der Waals surface area (Å²) in [5.41, 5.74) is 1.61. The Bertz CT molecular complexity index is 1290. The molecule has 0 radical (unpaired) electrons. The lowest BCUT2D eigenvalue weighted by Crippen LogP contribution is -2.36. The Morgan fingerprint density at radius 2 is 1.79 bits per heavy atom. The first-order valence-corrected chi connectivity index (χ1v) is 13.6. The number of urea groups is 1. The molecule has 6 rings (SSSR count). The average Bonchev–Trinajstić information content (AvgIpc) is 3.70. The van der Waals surface area contributed by atoms with E-state index < -0.39 is 0 Å². The van der Waals surface area contributed by atoms with E-state index in [1.54, 1.807) is 0 Å². The van der Waals surface area contributed by atoms with Crippen molar-refractivity contribution in [2.75, 3.05) is 44.8 Å². The molecule has 3 heterocycles. The number of hydrogen-bond donors (Lipinski definition) is 2. The number of rotatable bonds is 7. The number of anilines is 1. The van der Waals surface area contributed by atoms with E-state index in [9.17, 15) is 4.79 Å². The maximum Gasteiger partial charge on any atom is 0.319 e. The zero-order chi connectivity index (χ0) is 25.9. The van der Waals surface area contributed by atoms with Crippen LogP contribution in [0.3, 0.4) is 0 Å². The second-order valence-corrected chi connectivity index (χ2v) is 10.5. The van der Waals surface area contributed by atoms with E-state index in [1.807, 2.05) is 49.4 Å². The topological polar surface area (TPSA) is 97.8 Å². The van der Waals surface area contributed by atoms with Gasteiger partial charge in [-0.05, 0) is 50.2 Å². The van der Waals surface area contributed by atoms with Crippen LogP contribution in [0.1, 0.15) is 30.8 Å². The van der Waals surface area contributed by atoms with E-state index in [0.717, 1.165) is 86.8 Å². The Hall–Kier alpha value is -3.27. The predicted molar refractivity (Wildman–Crippen MR) is 144 cm³/mol. The maximum absolute atomic E-state index is 12.8. The van der Waals surface area contributed by atoms with Crippen LogP contribution in [0.25, 0.3) is 10.8 Å². The van der Waals surface area contributed by atoms with Gasteiger partial charge in [0.05, 0.1) is 25.4 Å². The monoisotopic (exact) mass is 517 g/mol. The molecule has 200 valence electrons. The van der Waals surface area contributed by atoms with Crippen LogP contribution >= 0.6 is 0 Å². The van der Waals surface area contributed by atoms with Crippen LogP contribution in [0.4, 0.5) is 10.5 Å². The van der Waals surface area contributed by atoms with Crippen LogP contribution in [0.2, 0.25) is 0 Å². The van der Waals surface area contributed by atoms with Gasteiger partial charge in [-0.3, -0.25) is 4.90 Å². The maximum atomic E-state index is 12.8. The number of hydrogen-bond acceptors (Lipinski definition) is 7. The number of carbonyl (C=O) groups is 1. The SMILES string of the molecule is Cc1cc(Oc2ccc(NC(=O)NC3CC3C3CCOCC3)c3ccccc23)nc(CN2CCOCC2)n1. The lowest BCUT2D eigenvalue weighted by molar-refractivity contribution is 0.0330. The molecule has 1 saturated carbocycles. The lowest BCUT2D eigenvalue weighted by atomic mass is 9.94. The van der Waals surface area contributed by atoms with Gasteiger partial charge >= 0.3 is 6.03 Å². The summed E-state index contributed by atoms with van der Waals surface area (Å²) in [6.07, 6.45) is 3.24. The highest BCUT2D eigenvalue weighted by Gasteiger charge is 2.44. The lowest BCUT2D eigenvalue weighted by Gasteiger charge is -2.25. The quantitative estimate of drug-likeness (QED) is 0.476. The fourth-order valence-electron chi connectivity index (χ4n) is 5.64. The molecule has 0 spiro atoms. The number of carbonyl (C=O) groups excluding carboxylic acids is 1. The van der Waals surface area contributed by atoms with Crippen molar-refractivity contribution >= 4 is 22.5 Å². The van der Waals surface area contributed by atoms with E-state index in [0.29, 0.717) is 30.0 Å². The van der Waals surface area contributed by atoms with Crippen LogP contribution < -0.4 is 15.4 Å². The Morgan fingerprint density at radius 3 is 2.61 bits per heavy atom. The van der Waals surface area contributed by atoms with Crippen LogP contribution in [0, 0.1) is 18.8 Å². The number of nitrogens with zero attached hydrogens (tertiary/aromatic N) is 3. The molecule has 2 aliphatic heterocycles. The smallest absolute Gasteiger partial charge is 0.319 e. The minimum Gasteiger partial charge on any atom is -0.438 e. The average molecular weight is 518 g/mol. The first-order chi connectivity index (χ1) is 18.6. The van der Waals surface area contributed by atoms with E-state index >= 15 is 0 Å². The summed E-state index contributed by atoms with van der Waals surface area (Å²) in [5.74, 6) is 3.16. The van der Waals surface area contributed by atoms with Gasteiger partial charge in [-0.15, -0.1) is 0 Å². The molecular formula is C29H35N5O4. The Kier molecular flexibility index (Phi) is 7.40. The molecule has 1 aromatic heterocycles. The van der Waals surface area contributed by atoms with Crippen molar-refractivity contribution in [3.63, 3.8) is 0 Å². The first-order valence-electron chi connectivity index (χ1n) is 13.6. The zero-order valence-electron chi connectivity index (χ0n) is 21.8. The normalized spacial score (nSPS) is 22.2. The molecule has 2 amide bonds. The standard InChI is InChI=1S/C29H35N5O4/c1-19-16-28(33-27(30-19)18-34-10-14-37-15-11-34)38-26-7-6-24(21-4-2-3-5-22(21)26)31-29(35)32-25-17-23(25)20-8-12-36-13-9-20/h2-7,16,20,23,25H,8-15,17-18H2,1H3,(H2,31,32,35). The number of benzene rings is 2. The Labute approximate surface area is 222 Å². The summed E-state index contributed by atoms with van der Waals surface area (Å²) in [4.78, 5) is 24.4. The van der Waals surface area contributed by atoms with Gasteiger partial charge in [0.2, 0.25) is 5.88 Å². The number of fused-ring (bicyclic) bond motifs is 1. The third-order valence-electron chi connectivity index (χ3n) is 7.72. The van der Waals surface area contributed by atoms with E-state index in [4.69, 9.17) is 14.2 Å². The summed E-state index contributed by atoms with van der Waals surface area (Å²) >= 11 is 0. The van der Waals surface area contributed by atoms with Gasteiger partial charge in [-0.2, -0.15) is 4.98 Å². The summed E-state index contributed by atoms with van der Waals surface area (Å²) in [5, 5.41) is 8.05. The fraction of sp³-hybridized carbons (Fsp3) is 0.483. The fourth-order valence-corrected chi connectivity index (χ4v) is 5.64. The van der Waals surface area contributed by atoms with Crippen molar-refractivity contribution < 1.29 is 19.0 Å². The van der Waals surface area contributed by atoms with Crippen LogP contribution in [0.15, 0.2) is 42.5 Å². The van der Waals surface area contributed by atoms with Crippen molar-refractivity contribution in [3.05, 3.63) is 54.0 Å². The number of aryl methyl sites for hydroxylation is 1. The van der Waals surface area contributed by atoms with E-state index in [1.165, 1.54) is 0 Å². The first kappa shape index (κ1) is 25.0. The van der Waals surface area contributed by atoms with Crippen molar-refractivity contribution in [2.45, 2.75) is 38.8 Å². The van der Waals surface area contributed by atoms with Gasteiger partial charge in [0.15, 0.2) is 0 Å². The molecular weight excluding hydrogens is 482 g/mol.